The Kier molecular flexibility index (Phi) is 6.18. The molecule has 0 aliphatic rings. The van der Waals surface area contributed by atoms with Gasteiger partial charge in [-0.15, -0.1) is 0 Å². The SMILES string of the molecule is c1cc(-c2ccc(N(c3ccc4c(c3)oc3ccccc34)c3cccc4oc5ccccc5c34)cc2)cc(-c2cccc3ccccc23)c1. The van der Waals surface area contributed by atoms with Gasteiger partial charge < -0.3 is 13.7 Å². The van der Waals surface area contributed by atoms with Crippen LogP contribution in [0.3, 0.4) is 0 Å². The number of anilines is 3. The van der Waals surface area contributed by atoms with E-state index in [9.17, 15) is 0 Å². The maximum atomic E-state index is 6.36. The zero-order valence-corrected chi connectivity index (χ0v) is 26.5. The lowest BCUT2D eigenvalue weighted by molar-refractivity contribution is 0.669. The molecule has 3 nitrogen and oxygen atoms in total. The highest BCUT2D eigenvalue weighted by Gasteiger charge is 2.20. The Hall–Kier alpha value is -6.58. The van der Waals surface area contributed by atoms with E-state index in [1.54, 1.807) is 0 Å². The lowest BCUT2D eigenvalue weighted by atomic mass is 9.95. The molecule has 2 heterocycles. The molecule has 0 atom stereocenters. The highest BCUT2D eigenvalue weighted by molar-refractivity contribution is 6.14. The van der Waals surface area contributed by atoms with Gasteiger partial charge in [0, 0.05) is 33.6 Å². The fourth-order valence-electron chi connectivity index (χ4n) is 7.37. The molecule has 0 saturated carbocycles. The highest BCUT2D eigenvalue weighted by atomic mass is 16.3. The lowest BCUT2D eigenvalue weighted by Crippen LogP contribution is -2.10. The van der Waals surface area contributed by atoms with Crippen LogP contribution < -0.4 is 4.90 Å². The molecule has 8 aromatic carbocycles. The van der Waals surface area contributed by atoms with E-state index >= 15 is 0 Å². The zero-order valence-electron chi connectivity index (χ0n) is 26.5. The summed E-state index contributed by atoms with van der Waals surface area (Å²) in [5, 5.41) is 6.90. The first-order chi connectivity index (χ1) is 24.3. The average Bonchev–Trinajstić information content (AvgIpc) is 3.74. The van der Waals surface area contributed by atoms with Crippen LogP contribution in [0.25, 0.3) is 76.9 Å². The first kappa shape index (κ1) is 27.5. The summed E-state index contributed by atoms with van der Waals surface area (Å²) in [5.41, 5.74) is 11.4. The fraction of sp³-hybridized carbons (Fsp3) is 0. The zero-order chi connectivity index (χ0) is 32.3. The molecule has 49 heavy (non-hydrogen) atoms. The van der Waals surface area contributed by atoms with Gasteiger partial charge in [-0.3, -0.25) is 0 Å². The maximum absolute atomic E-state index is 6.36. The van der Waals surface area contributed by atoms with Crippen molar-refractivity contribution in [1.29, 1.82) is 0 Å². The second-order valence-electron chi connectivity index (χ2n) is 12.5. The van der Waals surface area contributed by atoms with Gasteiger partial charge in [0.15, 0.2) is 0 Å². The number of hydrogen-bond acceptors (Lipinski definition) is 3. The largest absolute Gasteiger partial charge is 0.456 e. The van der Waals surface area contributed by atoms with E-state index in [0.717, 1.165) is 66.5 Å². The van der Waals surface area contributed by atoms with Crippen molar-refractivity contribution >= 4 is 71.7 Å². The summed E-state index contributed by atoms with van der Waals surface area (Å²) in [6, 6.07) is 62.1. The number of nitrogens with zero attached hydrogens (tertiary/aromatic N) is 1. The van der Waals surface area contributed by atoms with Gasteiger partial charge in [-0.25, -0.2) is 0 Å². The molecule has 230 valence electrons. The van der Waals surface area contributed by atoms with Gasteiger partial charge in [-0.1, -0.05) is 115 Å². The van der Waals surface area contributed by atoms with Gasteiger partial charge in [-0.05, 0) is 87.6 Å². The van der Waals surface area contributed by atoms with Crippen LogP contribution in [0.1, 0.15) is 0 Å². The molecule has 0 aliphatic carbocycles. The first-order valence-corrected chi connectivity index (χ1v) is 16.6. The van der Waals surface area contributed by atoms with Gasteiger partial charge in [0.25, 0.3) is 0 Å². The number of fused-ring (bicyclic) bond motifs is 7. The molecule has 0 N–H and O–H groups in total. The number of para-hydroxylation sites is 2. The summed E-state index contributed by atoms with van der Waals surface area (Å²) in [5.74, 6) is 0. The predicted molar refractivity (Wildman–Crippen MR) is 204 cm³/mol. The lowest BCUT2D eigenvalue weighted by Gasteiger charge is -2.26. The van der Waals surface area contributed by atoms with Gasteiger partial charge in [-0.2, -0.15) is 0 Å². The van der Waals surface area contributed by atoms with E-state index in [1.807, 2.05) is 30.3 Å². The summed E-state index contributed by atoms with van der Waals surface area (Å²) in [6.07, 6.45) is 0. The number of hydrogen-bond donors (Lipinski definition) is 0. The van der Waals surface area contributed by atoms with Crippen molar-refractivity contribution in [3.05, 3.63) is 176 Å². The number of rotatable bonds is 5. The van der Waals surface area contributed by atoms with E-state index in [1.165, 1.54) is 27.5 Å². The van der Waals surface area contributed by atoms with Crippen molar-refractivity contribution < 1.29 is 8.83 Å². The Morgan fingerprint density at radius 1 is 0.347 bits per heavy atom. The van der Waals surface area contributed by atoms with E-state index in [0.29, 0.717) is 0 Å². The minimum Gasteiger partial charge on any atom is -0.456 e. The third-order valence-corrected chi connectivity index (χ3v) is 9.66. The van der Waals surface area contributed by atoms with Crippen molar-refractivity contribution in [1.82, 2.24) is 0 Å². The topological polar surface area (TPSA) is 29.5 Å². The molecular weight excluding hydrogens is 599 g/mol. The summed E-state index contributed by atoms with van der Waals surface area (Å²) >= 11 is 0. The molecule has 2 aromatic heterocycles. The van der Waals surface area contributed by atoms with Gasteiger partial charge in [0.05, 0.1) is 11.1 Å². The Bertz CT molecular complexity index is 2830. The van der Waals surface area contributed by atoms with E-state index in [-0.39, 0.29) is 0 Å². The fourth-order valence-corrected chi connectivity index (χ4v) is 7.37. The van der Waals surface area contributed by atoms with Crippen molar-refractivity contribution in [2.75, 3.05) is 4.90 Å². The average molecular weight is 628 g/mol. The highest BCUT2D eigenvalue weighted by Crippen LogP contribution is 2.44. The molecule has 0 bridgehead atoms. The Morgan fingerprint density at radius 2 is 0.959 bits per heavy atom. The first-order valence-electron chi connectivity index (χ1n) is 16.6. The quantitative estimate of drug-likeness (QED) is 0.190. The summed E-state index contributed by atoms with van der Waals surface area (Å²) in [6.45, 7) is 0. The van der Waals surface area contributed by atoms with Crippen LogP contribution in [0, 0.1) is 0 Å². The number of furan rings is 2. The molecule has 10 rings (SSSR count). The van der Waals surface area contributed by atoms with Crippen LogP contribution in [0.4, 0.5) is 17.1 Å². The van der Waals surface area contributed by atoms with E-state index in [2.05, 4.69) is 150 Å². The minimum absolute atomic E-state index is 0.856. The van der Waals surface area contributed by atoms with Crippen LogP contribution in [0.2, 0.25) is 0 Å². The van der Waals surface area contributed by atoms with Crippen molar-refractivity contribution in [2.45, 2.75) is 0 Å². The molecule has 3 heteroatoms. The maximum Gasteiger partial charge on any atom is 0.137 e. The number of benzene rings is 8. The van der Waals surface area contributed by atoms with E-state index in [4.69, 9.17) is 8.83 Å². The van der Waals surface area contributed by atoms with Gasteiger partial charge in [0.2, 0.25) is 0 Å². The van der Waals surface area contributed by atoms with Crippen LogP contribution in [-0.2, 0) is 0 Å². The molecular formula is C46H29NO2. The molecule has 0 saturated heterocycles. The Labute approximate surface area is 282 Å². The van der Waals surface area contributed by atoms with Crippen LogP contribution >= 0.6 is 0 Å². The summed E-state index contributed by atoms with van der Waals surface area (Å²) in [4.78, 5) is 2.31. The third-order valence-electron chi connectivity index (χ3n) is 9.66. The molecule has 0 unspecified atom stereocenters. The smallest absolute Gasteiger partial charge is 0.137 e. The minimum atomic E-state index is 0.856. The summed E-state index contributed by atoms with van der Waals surface area (Å²) < 4.78 is 12.7. The third kappa shape index (κ3) is 4.51. The molecule has 0 amide bonds. The Morgan fingerprint density at radius 3 is 1.84 bits per heavy atom. The second-order valence-corrected chi connectivity index (χ2v) is 12.5. The van der Waals surface area contributed by atoms with Crippen molar-refractivity contribution in [3.8, 4) is 22.3 Å². The van der Waals surface area contributed by atoms with Crippen molar-refractivity contribution in [2.24, 2.45) is 0 Å². The van der Waals surface area contributed by atoms with Crippen LogP contribution in [-0.4, -0.2) is 0 Å². The van der Waals surface area contributed by atoms with E-state index < -0.39 is 0 Å². The summed E-state index contributed by atoms with van der Waals surface area (Å²) in [7, 11) is 0. The molecule has 0 radical (unpaired) electrons. The molecule has 0 spiro atoms. The predicted octanol–water partition coefficient (Wildman–Crippen LogP) is 13.4. The normalized spacial score (nSPS) is 11.7. The monoisotopic (exact) mass is 627 g/mol. The van der Waals surface area contributed by atoms with Crippen molar-refractivity contribution in [3.63, 3.8) is 0 Å². The van der Waals surface area contributed by atoms with Gasteiger partial charge >= 0.3 is 0 Å². The second kappa shape index (κ2) is 11.0. The Balaban J connectivity index is 1.12. The van der Waals surface area contributed by atoms with Crippen LogP contribution in [0.15, 0.2) is 185 Å². The van der Waals surface area contributed by atoms with Crippen LogP contribution in [0.5, 0.6) is 0 Å². The molecule has 0 fully saturated rings. The standard InChI is InChI=1S/C46H29NO2/c1-2-14-36-31(10-1)11-8-17-37(36)33-13-7-12-32(28-33)30-22-24-34(25-23-30)47(35-26-27-39-38-15-3-5-19-42(38)49-45(39)29-35)41-18-9-21-44-46(41)40-16-4-6-20-43(40)48-44/h1-29H. The molecule has 0 aliphatic heterocycles. The molecule has 10 aromatic rings. The van der Waals surface area contributed by atoms with Gasteiger partial charge in [0.1, 0.15) is 22.3 Å².